The van der Waals surface area contributed by atoms with Gasteiger partial charge in [-0.05, 0) is 25.5 Å². The molecule has 2 aromatic heterocycles. The molecule has 3 rings (SSSR count). The molecular weight excluding hydrogens is 254 g/mol. The Labute approximate surface area is 118 Å². The fraction of sp³-hybridized carbons (Fsp3) is 0.571. The van der Waals surface area contributed by atoms with E-state index in [0.717, 1.165) is 29.9 Å². The third kappa shape index (κ3) is 2.48. The number of nitrogens with one attached hydrogen (secondary N) is 1. The van der Waals surface area contributed by atoms with Crippen molar-refractivity contribution in [1.29, 1.82) is 0 Å². The molecule has 2 aromatic rings. The Bertz CT molecular complexity index is 576. The summed E-state index contributed by atoms with van der Waals surface area (Å²) >= 11 is 0. The number of hydrogen-bond donors (Lipinski definition) is 2. The number of nitrogens with zero attached hydrogens (tertiary/aromatic N) is 4. The van der Waals surface area contributed by atoms with Crippen molar-refractivity contribution in [3.8, 4) is 0 Å². The van der Waals surface area contributed by atoms with Gasteiger partial charge in [0.05, 0.1) is 18.5 Å². The molecule has 0 aromatic carbocycles. The topological polar surface area (TPSA) is 66.2 Å². The second kappa shape index (κ2) is 5.76. The number of aliphatic hydroxyl groups excluding tert-OH is 1. The van der Waals surface area contributed by atoms with Gasteiger partial charge in [-0.3, -0.25) is 0 Å². The van der Waals surface area contributed by atoms with Crippen LogP contribution in [0.2, 0.25) is 0 Å². The highest BCUT2D eigenvalue weighted by atomic mass is 16.3. The van der Waals surface area contributed by atoms with Gasteiger partial charge in [0.25, 0.3) is 0 Å². The molecule has 2 N–H and O–H groups in total. The summed E-state index contributed by atoms with van der Waals surface area (Å²) in [5.41, 5.74) is 1.97. The van der Waals surface area contributed by atoms with E-state index in [1.807, 2.05) is 23.9 Å². The number of hydrogen-bond acceptors (Lipinski definition) is 5. The van der Waals surface area contributed by atoms with Crippen molar-refractivity contribution in [2.45, 2.75) is 18.9 Å². The van der Waals surface area contributed by atoms with Gasteiger partial charge in [0.2, 0.25) is 0 Å². The number of aromatic nitrogens is 3. The second-order valence-corrected chi connectivity index (χ2v) is 5.32. The van der Waals surface area contributed by atoms with Crippen LogP contribution in [-0.4, -0.2) is 51.9 Å². The van der Waals surface area contributed by atoms with E-state index in [4.69, 9.17) is 0 Å². The minimum atomic E-state index is 0.123. The largest absolute Gasteiger partial charge is 0.395 e. The first-order valence-electron chi connectivity index (χ1n) is 7.15. The molecule has 0 spiro atoms. The number of imidazole rings is 1. The highest BCUT2D eigenvalue weighted by Crippen LogP contribution is 2.23. The van der Waals surface area contributed by atoms with Gasteiger partial charge in [0.1, 0.15) is 5.52 Å². The molecule has 0 saturated carbocycles. The van der Waals surface area contributed by atoms with Crippen molar-refractivity contribution < 1.29 is 5.11 Å². The Morgan fingerprint density at radius 1 is 1.50 bits per heavy atom. The molecular formula is C14H21N5O. The second-order valence-electron chi connectivity index (χ2n) is 5.32. The van der Waals surface area contributed by atoms with Crippen molar-refractivity contribution >= 4 is 16.9 Å². The summed E-state index contributed by atoms with van der Waals surface area (Å²) in [6.45, 7) is 2.65. The maximum absolute atomic E-state index is 9.33. The molecule has 0 bridgehead atoms. The van der Waals surface area contributed by atoms with Crippen LogP contribution in [0.5, 0.6) is 0 Å². The molecule has 1 fully saturated rings. The van der Waals surface area contributed by atoms with Crippen molar-refractivity contribution in [2.75, 3.05) is 31.1 Å². The molecule has 6 nitrogen and oxygen atoms in total. The molecule has 0 radical (unpaired) electrons. The van der Waals surface area contributed by atoms with Crippen LogP contribution in [0.4, 0.5) is 5.82 Å². The van der Waals surface area contributed by atoms with Gasteiger partial charge in [-0.1, -0.05) is 0 Å². The van der Waals surface area contributed by atoms with Crippen LogP contribution in [0.3, 0.4) is 0 Å². The molecule has 6 heteroatoms. The molecule has 1 unspecified atom stereocenters. The molecule has 1 aliphatic heterocycles. The van der Waals surface area contributed by atoms with Gasteiger partial charge in [-0.2, -0.15) is 0 Å². The Morgan fingerprint density at radius 2 is 2.40 bits per heavy atom. The van der Waals surface area contributed by atoms with Crippen LogP contribution >= 0.6 is 0 Å². The zero-order chi connectivity index (χ0) is 13.9. The maximum atomic E-state index is 9.33. The Kier molecular flexibility index (Phi) is 3.84. The normalized spacial score (nSPS) is 18.8. The van der Waals surface area contributed by atoms with Crippen LogP contribution in [0, 0.1) is 0 Å². The molecule has 0 aliphatic carbocycles. The van der Waals surface area contributed by atoms with Crippen molar-refractivity contribution in [3.63, 3.8) is 0 Å². The van der Waals surface area contributed by atoms with Crippen molar-refractivity contribution in [2.24, 2.45) is 7.05 Å². The van der Waals surface area contributed by atoms with E-state index in [1.54, 1.807) is 6.33 Å². The van der Waals surface area contributed by atoms with Crippen molar-refractivity contribution in [3.05, 3.63) is 18.6 Å². The molecule has 0 amide bonds. The summed E-state index contributed by atoms with van der Waals surface area (Å²) in [6.07, 6.45) is 6.02. The van der Waals surface area contributed by atoms with Gasteiger partial charge >= 0.3 is 0 Å². The van der Waals surface area contributed by atoms with Gasteiger partial charge in [-0.15, -0.1) is 0 Å². The van der Waals surface area contributed by atoms with Gasteiger partial charge < -0.3 is 19.9 Å². The van der Waals surface area contributed by atoms with E-state index in [9.17, 15) is 5.11 Å². The first-order valence-corrected chi connectivity index (χ1v) is 7.15. The van der Waals surface area contributed by atoms with Gasteiger partial charge in [0.15, 0.2) is 5.82 Å². The molecule has 1 aliphatic rings. The van der Waals surface area contributed by atoms with Crippen molar-refractivity contribution in [1.82, 2.24) is 19.9 Å². The van der Waals surface area contributed by atoms with Crippen LogP contribution in [0.1, 0.15) is 12.8 Å². The summed E-state index contributed by atoms with van der Waals surface area (Å²) in [4.78, 5) is 11.1. The lowest BCUT2D eigenvalue weighted by Crippen LogP contribution is -2.39. The highest BCUT2D eigenvalue weighted by Gasteiger charge is 2.20. The number of pyridine rings is 1. The molecule has 1 saturated heterocycles. The summed E-state index contributed by atoms with van der Waals surface area (Å²) < 4.78 is 1.99. The van der Waals surface area contributed by atoms with E-state index in [-0.39, 0.29) is 6.61 Å². The lowest BCUT2D eigenvalue weighted by Gasteiger charge is -2.26. The number of fused-ring (bicyclic) bond motifs is 1. The monoisotopic (exact) mass is 275 g/mol. The van der Waals surface area contributed by atoms with E-state index in [1.165, 1.54) is 12.8 Å². The van der Waals surface area contributed by atoms with Crippen LogP contribution in [0.15, 0.2) is 18.6 Å². The molecule has 20 heavy (non-hydrogen) atoms. The highest BCUT2D eigenvalue weighted by molar-refractivity contribution is 5.86. The summed E-state index contributed by atoms with van der Waals surface area (Å²) in [5.74, 6) is 0.867. The fourth-order valence-electron chi connectivity index (χ4n) is 2.86. The van der Waals surface area contributed by atoms with Gasteiger partial charge in [0, 0.05) is 32.4 Å². The summed E-state index contributed by atoms with van der Waals surface area (Å²) in [5, 5.41) is 12.8. The average molecular weight is 275 g/mol. The predicted molar refractivity (Wildman–Crippen MR) is 78.8 cm³/mol. The predicted octanol–water partition coefficient (Wildman–Crippen LogP) is 0.519. The Hall–Kier alpha value is -1.66. The third-order valence-electron chi connectivity index (χ3n) is 3.90. The number of anilines is 1. The SMILES string of the molecule is Cn1cnc2c(N(CCO)CC3CCCN3)nccc21. The van der Waals surface area contributed by atoms with E-state index in [2.05, 4.69) is 20.2 Å². The lowest BCUT2D eigenvalue weighted by atomic mass is 10.2. The van der Waals surface area contributed by atoms with E-state index < -0.39 is 0 Å². The number of rotatable bonds is 5. The lowest BCUT2D eigenvalue weighted by molar-refractivity contribution is 0.300. The zero-order valence-corrected chi connectivity index (χ0v) is 11.8. The minimum Gasteiger partial charge on any atom is -0.395 e. The average Bonchev–Trinajstić information content (AvgIpc) is 3.09. The molecule has 1 atom stereocenters. The van der Waals surface area contributed by atoms with E-state index >= 15 is 0 Å². The smallest absolute Gasteiger partial charge is 0.156 e. The minimum absolute atomic E-state index is 0.123. The molecule has 108 valence electrons. The quantitative estimate of drug-likeness (QED) is 0.833. The number of aliphatic hydroxyl groups is 1. The first kappa shape index (κ1) is 13.3. The van der Waals surface area contributed by atoms with Crippen LogP contribution < -0.4 is 10.2 Å². The summed E-state index contributed by atoms with van der Waals surface area (Å²) in [7, 11) is 1.98. The van der Waals surface area contributed by atoms with Crippen LogP contribution in [-0.2, 0) is 7.05 Å². The Morgan fingerprint density at radius 3 is 3.15 bits per heavy atom. The molecule has 3 heterocycles. The summed E-state index contributed by atoms with van der Waals surface area (Å²) in [6, 6.07) is 2.44. The first-order chi connectivity index (χ1) is 9.79. The maximum Gasteiger partial charge on any atom is 0.156 e. The van der Waals surface area contributed by atoms with Crippen LogP contribution in [0.25, 0.3) is 11.0 Å². The van der Waals surface area contributed by atoms with Gasteiger partial charge in [-0.25, -0.2) is 9.97 Å². The Balaban J connectivity index is 1.91. The van der Waals surface area contributed by atoms with E-state index in [0.29, 0.717) is 12.6 Å². The fourth-order valence-corrected chi connectivity index (χ4v) is 2.86. The number of aryl methyl sites for hydroxylation is 1. The third-order valence-corrected chi connectivity index (χ3v) is 3.90. The standard InChI is InChI=1S/C14H21N5O/c1-18-10-17-13-12(18)4-6-16-14(13)19(7-8-20)9-11-3-2-5-15-11/h4,6,10-11,15,20H,2-3,5,7-9H2,1H3. The zero-order valence-electron chi connectivity index (χ0n) is 11.8.